The first-order chi connectivity index (χ1) is 9.19. The lowest BCUT2D eigenvalue weighted by molar-refractivity contribution is -0.142. The van der Waals surface area contributed by atoms with Crippen molar-refractivity contribution in [2.24, 2.45) is 5.92 Å². The van der Waals surface area contributed by atoms with E-state index >= 15 is 0 Å². The summed E-state index contributed by atoms with van der Waals surface area (Å²) in [7, 11) is 0. The molecule has 1 aliphatic carbocycles. The fraction of sp³-hybridized carbons (Fsp3) is 0.400. The maximum atomic E-state index is 11.9. The normalized spacial score (nSPS) is 15.1. The van der Waals surface area contributed by atoms with Crippen LogP contribution in [0.5, 0.6) is 0 Å². The van der Waals surface area contributed by atoms with E-state index in [-0.39, 0.29) is 5.97 Å². The number of carbonyl (C=O) groups excluding carboxylic acids is 1. The number of hydrogen-bond donors (Lipinski definition) is 1. The highest BCUT2D eigenvalue weighted by atomic mass is 79.9. The lowest BCUT2D eigenvalue weighted by Crippen LogP contribution is -2.30. The Kier molecular flexibility index (Phi) is 4.86. The SMILES string of the molecule is CCOC(=O)C(C#CC1CC1)Nc1ccc(Br)cc1. The average Bonchev–Trinajstić information content (AvgIpc) is 3.21. The summed E-state index contributed by atoms with van der Waals surface area (Å²) in [5.41, 5.74) is 0.853. The minimum Gasteiger partial charge on any atom is -0.464 e. The molecular weight excluding hydrogens is 306 g/mol. The Morgan fingerprint density at radius 3 is 2.74 bits per heavy atom. The molecule has 1 unspecified atom stereocenters. The zero-order chi connectivity index (χ0) is 13.7. The largest absolute Gasteiger partial charge is 0.464 e. The van der Waals surface area contributed by atoms with Crippen LogP contribution in [-0.2, 0) is 9.53 Å². The number of rotatable bonds is 4. The van der Waals surface area contributed by atoms with Crippen molar-refractivity contribution < 1.29 is 9.53 Å². The molecule has 2 rings (SSSR count). The number of nitrogens with one attached hydrogen (secondary N) is 1. The van der Waals surface area contributed by atoms with Crippen LogP contribution in [0.1, 0.15) is 19.8 Å². The van der Waals surface area contributed by atoms with Gasteiger partial charge in [-0.2, -0.15) is 0 Å². The van der Waals surface area contributed by atoms with E-state index in [1.165, 1.54) is 0 Å². The third-order valence-electron chi connectivity index (χ3n) is 2.69. The van der Waals surface area contributed by atoms with Gasteiger partial charge >= 0.3 is 5.97 Å². The minimum absolute atomic E-state index is 0.321. The molecule has 3 nitrogen and oxygen atoms in total. The molecule has 0 heterocycles. The molecule has 1 aliphatic rings. The fourth-order valence-corrected chi connectivity index (χ4v) is 1.79. The summed E-state index contributed by atoms with van der Waals surface area (Å²) in [6.45, 7) is 2.16. The van der Waals surface area contributed by atoms with Gasteiger partial charge in [-0.05, 0) is 44.0 Å². The van der Waals surface area contributed by atoms with Crippen molar-refractivity contribution in [3.05, 3.63) is 28.7 Å². The summed E-state index contributed by atoms with van der Waals surface area (Å²) in [4.78, 5) is 11.9. The topological polar surface area (TPSA) is 38.3 Å². The number of halogens is 1. The summed E-state index contributed by atoms with van der Waals surface area (Å²) in [5, 5.41) is 3.10. The van der Waals surface area contributed by atoms with E-state index < -0.39 is 6.04 Å². The van der Waals surface area contributed by atoms with Gasteiger partial charge in [0.25, 0.3) is 0 Å². The molecule has 1 N–H and O–H groups in total. The first-order valence-corrected chi connectivity index (χ1v) is 7.18. The number of anilines is 1. The van der Waals surface area contributed by atoms with Crippen LogP contribution >= 0.6 is 15.9 Å². The Hall–Kier alpha value is -1.47. The molecule has 1 fully saturated rings. The van der Waals surface area contributed by atoms with Gasteiger partial charge in [0.05, 0.1) is 6.61 Å². The molecule has 0 radical (unpaired) electrons. The highest BCUT2D eigenvalue weighted by Gasteiger charge is 2.21. The Bertz CT molecular complexity index is 497. The van der Waals surface area contributed by atoms with Crippen molar-refractivity contribution in [2.75, 3.05) is 11.9 Å². The number of esters is 1. The van der Waals surface area contributed by atoms with Crippen molar-refractivity contribution in [3.63, 3.8) is 0 Å². The van der Waals surface area contributed by atoms with E-state index in [2.05, 4.69) is 33.1 Å². The van der Waals surface area contributed by atoms with Crippen molar-refractivity contribution in [1.29, 1.82) is 0 Å². The predicted octanol–water partition coefficient (Wildman–Crippen LogP) is 3.21. The third-order valence-corrected chi connectivity index (χ3v) is 3.22. The maximum Gasteiger partial charge on any atom is 0.341 e. The molecule has 0 spiro atoms. The Morgan fingerprint density at radius 1 is 1.47 bits per heavy atom. The van der Waals surface area contributed by atoms with Crippen molar-refractivity contribution in [2.45, 2.75) is 25.8 Å². The molecule has 0 saturated heterocycles. The van der Waals surface area contributed by atoms with Gasteiger partial charge in [0, 0.05) is 16.1 Å². The monoisotopic (exact) mass is 321 g/mol. The molecule has 0 bridgehead atoms. The highest BCUT2D eigenvalue weighted by Crippen LogP contribution is 2.27. The van der Waals surface area contributed by atoms with Crippen LogP contribution in [0.15, 0.2) is 28.7 Å². The number of ether oxygens (including phenoxy) is 1. The summed E-state index contributed by atoms with van der Waals surface area (Å²) in [6.07, 6.45) is 2.28. The first-order valence-electron chi connectivity index (χ1n) is 6.39. The number of hydrogen-bond acceptors (Lipinski definition) is 3. The van der Waals surface area contributed by atoms with Gasteiger partial charge in [0.15, 0.2) is 6.04 Å². The van der Waals surface area contributed by atoms with Crippen LogP contribution in [0.2, 0.25) is 0 Å². The summed E-state index contributed by atoms with van der Waals surface area (Å²) >= 11 is 3.38. The van der Waals surface area contributed by atoms with E-state index in [0.717, 1.165) is 23.0 Å². The molecule has 19 heavy (non-hydrogen) atoms. The molecule has 100 valence electrons. The van der Waals surface area contributed by atoms with E-state index in [9.17, 15) is 4.79 Å². The second kappa shape index (κ2) is 6.63. The third kappa shape index (κ3) is 4.60. The van der Waals surface area contributed by atoms with Crippen molar-refractivity contribution in [3.8, 4) is 11.8 Å². The highest BCUT2D eigenvalue weighted by molar-refractivity contribution is 9.10. The van der Waals surface area contributed by atoms with Gasteiger partial charge in [0.1, 0.15) is 0 Å². The smallest absolute Gasteiger partial charge is 0.341 e. The standard InChI is InChI=1S/C15H16BrNO2/c1-2-19-15(18)14(10-5-11-3-4-11)17-13-8-6-12(16)7-9-13/h6-9,11,14,17H,2-4H2,1H3. The van der Waals surface area contributed by atoms with Gasteiger partial charge < -0.3 is 10.1 Å². The zero-order valence-electron chi connectivity index (χ0n) is 10.8. The van der Waals surface area contributed by atoms with Gasteiger partial charge in [-0.1, -0.05) is 27.8 Å². The van der Waals surface area contributed by atoms with E-state index in [4.69, 9.17) is 4.74 Å². The van der Waals surface area contributed by atoms with E-state index in [1.807, 2.05) is 24.3 Å². The Morgan fingerprint density at radius 2 is 2.16 bits per heavy atom. The van der Waals surface area contributed by atoms with Crippen LogP contribution in [0.4, 0.5) is 5.69 Å². The van der Waals surface area contributed by atoms with Crippen molar-refractivity contribution in [1.82, 2.24) is 0 Å². The molecule has 0 aromatic heterocycles. The van der Waals surface area contributed by atoms with Gasteiger partial charge in [-0.3, -0.25) is 0 Å². The molecule has 1 saturated carbocycles. The molecular formula is C15H16BrNO2. The van der Waals surface area contributed by atoms with Crippen LogP contribution in [0.25, 0.3) is 0 Å². The lowest BCUT2D eigenvalue weighted by atomic mass is 10.2. The van der Waals surface area contributed by atoms with Gasteiger partial charge in [-0.25, -0.2) is 4.79 Å². The number of carbonyl (C=O) groups is 1. The Labute approximate surface area is 121 Å². The summed E-state index contributed by atoms with van der Waals surface area (Å²) in [5.74, 6) is 6.23. The zero-order valence-corrected chi connectivity index (χ0v) is 12.4. The van der Waals surface area contributed by atoms with E-state index in [1.54, 1.807) is 6.92 Å². The molecule has 1 atom stereocenters. The second-order valence-corrected chi connectivity index (χ2v) is 5.31. The Balaban J connectivity index is 2.06. The van der Waals surface area contributed by atoms with Crippen LogP contribution < -0.4 is 5.32 Å². The second-order valence-electron chi connectivity index (χ2n) is 4.40. The van der Waals surface area contributed by atoms with Gasteiger partial charge in [-0.15, -0.1) is 0 Å². The van der Waals surface area contributed by atoms with Crippen molar-refractivity contribution >= 4 is 27.6 Å². The molecule has 4 heteroatoms. The molecule has 0 amide bonds. The lowest BCUT2D eigenvalue weighted by Gasteiger charge is -2.13. The maximum absolute atomic E-state index is 11.9. The average molecular weight is 322 g/mol. The van der Waals surface area contributed by atoms with Gasteiger partial charge in [0.2, 0.25) is 0 Å². The molecule has 0 aliphatic heterocycles. The summed E-state index contributed by atoms with van der Waals surface area (Å²) in [6, 6.07) is 7.03. The molecule has 1 aromatic carbocycles. The fourth-order valence-electron chi connectivity index (χ4n) is 1.52. The number of benzene rings is 1. The predicted molar refractivity (Wildman–Crippen MR) is 78.7 cm³/mol. The minimum atomic E-state index is -0.596. The van der Waals surface area contributed by atoms with Crippen LogP contribution in [-0.4, -0.2) is 18.6 Å². The van der Waals surface area contributed by atoms with E-state index in [0.29, 0.717) is 12.5 Å². The quantitative estimate of drug-likeness (QED) is 0.683. The molecule has 1 aromatic rings. The van der Waals surface area contributed by atoms with Crippen LogP contribution in [0.3, 0.4) is 0 Å². The first kappa shape index (κ1) is 14.0. The van der Waals surface area contributed by atoms with Crippen LogP contribution in [0, 0.1) is 17.8 Å². The summed E-state index contributed by atoms with van der Waals surface area (Å²) < 4.78 is 6.03.